The predicted molar refractivity (Wildman–Crippen MR) is 94.2 cm³/mol. The monoisotopic (exact) mass is 341 g/mol. The van der Waals surface area contributed by atoms with Gasteiger partial charge in [0.25, 0.3) is 5.91 Å². The summed E-state index contributed by atoms with van der Waals surface area (Å²) in [6.45, 7) is 1.80. The van der Waals surface area contributed by atoms with Crippen molar-refractivity contribution < 1.29 is 14.3 Å². The van der Waals surface area contributed by atoms with Crippen LogP contribution in [0.5, 0.6) is 0 Å². The zero-order valence-electron chi connectivity index (χ0n) is 13.0. The zero-order valence-corrected chi connectivity index (χ0v) is 13.8. The van der Waals surface area contributed by atoms with Gasteiger partial charge in [0.1, 0.15) is 18.1 Å². The van der Waals surface area contributed by atoms with Crippen LogP contribution in [0.25, 0.3) is 11.3 Å². The number of carbonyl (C=O) groups is 1. The number of aliphatic hydroxyl groups is 1. The Morgan fingerprint density at radius 1 is 1.12 bits per heavy atom. The highest BCUT2D eigenvalue weighted by Gasteiger charge is 2.11. The normalized spacial score (nSPS) is 10.6. The number of anilines is 1. The fourth-order valence-electron chi connectivity index (χ4n) is 2.29. The molecule has 1 aromatic heterocycles. The Morgan fingerprint density at radius 3 is 2.54 bits per heavy atom. The van der Waals surface area contributed by atoms with Gasteiger partial charge in [-0.15, -0.1) is 0 Å². The van der Waals surface area contributed by atoms with Gasteiger partial charge < -0.3 is 14.8 Å². The molecule has 0 unspecified atom stereocenters. The fraction of sp³-hybridized carbons (Fsp3) is 0.105. The molecular formula is C19H16ClNO3. The van der Waals surface area contributed by atoms with E-state index in [1.54, 1.807) is 42.5 Å². The molecule has 0 aliphatic heterocycles. The quantitative estimate of drug-likeness (QED) is 0.725. The lowest BCUT2D eigenvalue weighted by atomic mass is 10.1. The van der Waals surface area contributed by atoms with Crippen LogP contribution in [-0.4, -0.2) is 11.0 Å². The van der Waals surface area contributed by atoms with Crippen LogP contribution in [0.3, 0.4) is 0 Å². The first-order valence-corrected chi connectivity index (χ1v) is 7.82. The molecule has 0 atom stereocenters. The third kappa shape index (κ3) is 3.50. The summed E-state index contributed by atoms with van der Waals surface area (Å²) in [6, 6.07) is 16.0. The molecular weight excluding hydrogens is 326 g/mol. The summed E-state index contributed by atoms with van der Waals surface area (Å²) in [7, 11) is 0. The molecule has 2 N–H and O–H groups in total. The largest absolute Gasteiger partial charge is 0.459 e. The minimum Gasteiger partial charge on any atom is -0.459 e. The van der Waals surface area contributed by atoms with Crippen LogP contribution in [0, 0.1) is 6.92 Å². The first-order chi connectivity index (χ1) is 11.6. The van der Waals surface area contributed by atoms with Crippen molar-refractivity contribution in [1.29, 1.82) is 0 Å². The summed E-state index contributed by atoms with van der Waals surface area (Å²) >= 11 is 6.19. The number of nitrogens with one attached hydrogen (secondary N) is 1. The van der Waals surface area contributed by atoms with Gasteiger partial charge >= 0.3 is 0 Å². The molecule has 0 aliphatic rings. The first kappa shape index (κ1) is 16.3. The lowest BCUT2D eigenvalue weighted by Crippen LogP contribution is -2.12. The molecule has 1 amide bonds. The van der Waals surface area contributed by atoms with Crippen LogP contribution < -0.4 is 5.32 Å². The number of carbonyl (C=O) groups excluding carboxylic acids is 1. The number of hydrogen-bond donors (Lipinski definition) is 2. The average molecular weight is 342 g/mol. The number of aryl methyl sites for hydroxylation is 1. The highest BCUT2D eigenvalue weighted by atomic mass is 35.5. The molecule has 2 aromatic carbocycles. The number of hydrogen-bond acceptors (Lipinski definition) is 3. The molecule has 122 valence electrons. The third-order valence-electron chi connectivity index (χ3n) is 3.63. The number of halogens is 1. The van der Waals surface area contributed by atoms with Crippen LogP contribution in [0.4, 0.5) is 5.69 Å². The second kappa shape index (κ2) is 6.91. The topological polar surface area (TPSA) is 62.5 Å². The molecule has 24 heavy (non-hydrogen) atoms. The van der Waals surface area contributed by atoms with E-state index in [-0.39, 0.29) is 12.5 Å². The van der Waals surface area contributed by atoms with E-state index in [9.17, 15) is 4.79 Å². The Kier molecular flexibility index (Phi) is 4.69. The molecule has 4 nitrogen and oxygen atoms in total. The zero-order chi connectivity index (χ0) is 17.1. The molecule has 3 aromatic rings. The Labute approximate surface area is 144 Å². The maximum absolute atomic E-state index is 12.3. The van der Waals surface area contributed by atoms with E-state index in [1.165, 1.54) is 0 Å². The summed E-state index contributed by atoms with van der Waals surface area (Å²) < 4.78 is 5.51. The standard InChI is InChI=1S/C19H16ClNO3/c1-12-2-4-13(5-3-12)19(23)21-17-10-14(6-8-16(17)20)18-9-7-15(11-22)24-18/h2-10,22H,11H2,1H3,(H,21,23). The fourth-order valence-corrected chi connectivity index (χ4v) is 2.46. The van der Waals surface area contributed by atoms with Crippen molar-refractivity contribution >= 4 is 23.2 Å². The van der Waals surface area contributed by atoms with Crippen molar-refractivity contribution in [1.82, 2.24) is 0 Å². The van der Waals surface area contributed by atoms with Gasteiger partial charge in [0.05, 0.1) is 10.7 Å². The molecule has 0 saturated heterocycles. The van der Waals surface area contributed by atoms with Gasteiger partial charge in [-0.2, -0.15) is 0 Å². The smallest absolute Gasteiger partial charge is 0.255 e. The Hall–Kier alpha value is -2.56. The highest BCUT2D eigenvalue weighted by Crippen LogP contribution is 2.30. The molecule has 0 spiro atoms. The van der Waals surface area contributed by atoms with E-state index >= 15 is 0 Å². The van der Waals surface area contributed by atoms with E-state index in [4.69, 9.17) is 21.1 Å². The molecule has 3 rings (SSSR count). The van der Waals surface area contributed by atoms with Crippen molar-refractivity contribution in [3.05, 3.63) is 76.5 Å². The van der Waals surface area contributed by atoms with Crippen molar-refractivity contribution in [2.24, 2.45) is 0 Å². The van der Waals surface area contributed by atoms with Gasteiger partial charge in [0.2, 0.25) is 0 Å². The third-order valence-corrected chi connectivity index (χ3v) is 3.96. The molecule has 0 bridgehead atoms. The van der Waals surface area contributed by atoms with Crippen LogP contribution in [0.15, 0.2) is 59.0 Å². The van der Waals surface area contributed by atoms with Gasteiger partial charge in [0, 0.05) is 11.1 Å². The number of amides is 1. The lowest BCUT2D eigenvalue weighted by molar-refractivity contribution is 0.102. The second-order valence-electron chi connectivity index (χ2n) is 5.44. The van der Waals surface area contributed by atoms with Crippen molar-refractivity contribution in [3.63, 3.8) is 0 Å². The maximum Gasteiger partial charge on any atom is 0.255 e. The molecule has 0 radical (unpaired) electrons. The Balaban J connectivity index is 1.86. The van der Waals surface area contributed by atoms with Gasteiger partial charge in [-0.1, -0.05) is 29.3 Å². The molecule has 0 fully saturated rings. The van der Waals surface area contributed by atoms with E-state index in [1.807, 2.05) is 19.1 Å². The minimum atomic E-state index is -0.232. The van der Waals surface area contributed by atoms with Crippen LogP contribution >= 0.6 is 11.6 Å². The van der Waals surface area contributed by atoms with Crippen molar-refractivity contribution in [2.45, 2.75) is 13.5 Å². The van der Waals surface area contributed by atoms with Gasteiger partial charge in [0.15, 0.2) is 0 Å². The summed E-state index contributed by atoms with van der Waals surface area (Å²) in [5.74, 6) is 0.844. The van der Waals surface area contributed by atoms with Gasteiger partial charge in [-0.05, 0) is 49.4 Å². The van der Waals surface area contributed by atoms with Crippen molar-refractivity contribution in [3.8, 4) is 11.3 Å². The number of rotatable bonds is 4. The summed E-state index contributed by atoms with van der Waals surface area (Å²) in [5, 5.41) is 12.3. The molecule has 0 aliphatic carbocycles. The Bertz CT molecular complexity index is 869. The highest BCUT2D eigenvalue weighted by molar-refractivity contribution is 6.34. The molecule has 1 heterocycles. The van der Waals surface area contributed by atoms with Crippen molar-refractivity contribution in [2.75, 3.05) is 5.32 Å². The first-order valence-electron chi connectivity index (χ1n) is 7.44. The maximum atomic E-state index is 12.3. The lowest BCUT2D eigenvalue weighted by Gasteiger charge is -2.09. The molecule has 5 heteroatoms. The SMILES string of the molecule is Cc1ccc(C(=O)Nc2cc(-c3ccc(CO)o3)ccc2Cl)cc1. The van der Waals surface area contributed by atoms with Gasteiger partial charge in [-0.3, -0.25) is 4.79 Å². The van der Waals surface area contributed by atoms with Gasteiger partial charge in [-0.25, -0.2) is 0 Å². The van der Waals surface area contributed by atoms with E-state index in [0.717, 1.165) is 11.1 Å². The predicted octanol–water partition coefficient (Wildman–Crippen LogP) is 4.65. The van der Waals surface area contributed by atoms with Crippen LogP contribution in [0.2, 0.25) is 5.02 Å². The molecule has 0 saturated carbocycles. The average Bonchev–Trinajstić information content (AvgIpc) is 3.06. The van der Waals surface area contributed by atoms with E-state index in [2.05, 4.69) is 5.32 Å². The second-order valence-corrected chi connectivity index (χ2v) is 5.85. The van der Waals surface area contributed by atoms with E-state index in [0.29, 0.717) is 27.8 Å². The number of furan rings is 1. The summed E-state index contributed by atoms with van der Waals surface area (Å²) in [4.78, 5) is 12.3. The number of benzene rings is 2. The number of aliphatic hydroxyl groups excluding tert-OH is 1. The minimum absolute atomic E-state index is 0.162. The van der Waals surface area contributed by atoms with E-state index < -0.39 is 0 Å². The van der Waals surface area contributed by atoms with Crippen LogP contribution in [0.1, 0.15) is 21.7 Å². The summed E-state index contributed by atoms with van der Waals surface area (Å²) in [6.07, 6.45) is 0. The van der Waals surface area contributed by atoms with Crippen LogP contribution in [-0.2, 0) is 6.61 Å². The summed E-state index contributed by atoms with van der Waals surface area (Å²) in [5.41, 5.74) is 2.91. The Morgan fingerprint density at radius 2 is 1.88 bits per heavy atom.